The highest BCUT2D eigenvalue weighted by Crippen LogP contribution is 2.15. The summed E-state index contributed by atoms with van der Waals surface area (Å²) in [5, 5.41) is 9.19. The standard InChI is InChI=1S/C25H22FN3O4/c26-20-10-11-23-21(14-20)24(31)28(13-12-17-4-2-1-3-5-17)25(32)29(23)15-18-6-8-19(9-7-18)22(16-30)27-33/h1-11,14,16,22,27,33H,12-13,15H2. The number of hydrogen-bond acceptors (Lipinski definition) is 5. The summed E-state index contributed by atoms with van der Waals surface area (Å²) in [6, 6.07) is 19.2. The second-order valence-electron chi connectivity index (χ2n) is 7.71. The highest BCUT2D eigenvalue weighted by Gasteiger charge is 2.15. The Morgan fingerprint density at radius 2 is 1.67 bits per heavy atom. The Labute approximate surface area is 188 Å². The summed E-state index contributed by atoms with van der Waals surface area (Å²) in [6.07, 6.45) is 1.05. The lowest BCUT2D eigenvalue weighted by molar-refractivity contribution is -0.111. The smallest absolute Gasteiger partial charge is 0.316 e. The van der Waals surface area contributed by atoms with E-state index in [4.69, 9.17) is 5.21 Å². The Hall–Kier alpha value is -3.88. The maximum absolute atomic E-state index is 14.0. The number of benzene rings is 3. The first-order valence-corrected chi connectivity index (χ1v) is 10.4. The van der Waals surface area contributed by atoms with E-state index in [9.17, 15) is 18.8 Å². The summed E-state index contributed by atoms with van der Waals surface area (Å²) >= 11 is 0. The van der Waals surface area contributed by atoms with Crippen molar-refractivity contribution in [3.8, 4) is 0 Å². The molecule has 0 aliphatic rings. The molecule has 7 nitrogen and oxygen atoms in total. The molecule has 1 heterocycles. The molecule has 168 valence electrons. The van der Waals surface area contributed by atoms with E-state index in [1.165, 1.54) is 16.7 Å². The highest BCUT2D eigenvalue weighted by molar-refractivity contribution is 5.78. The van der Waals surface area contributed by atoms with Crippen LogP contribution in [0.15, 0.2) is 82.4 Å². The fourth-order valence-electron chi connectivity index (χ4n) is 3.83. The Bertz CT molecular complexity index is 1400. The molecule has 0 radical (unpaired) electrons. The quantitative estimate of drug-likeness (QED) is 0.320. The molecule has 0 saturated carbocycles. The van der Waals surface area contributed by atoms with Gasteiger partial charge in [-0.15, -0.1) is 0 Å². The maximum atomic E-state index is 14.0. The van der Waals surface area contributed by atoms with Crippen molar-refractivity contribution in [3.63, 3.8) is 0 Å². The molecule has 0 bridgehead atoms. The molecule has 2 N–H and O–H groups in total. The van der Waals surface area contributed by atoms with E-state index in [0.717, 1.165) is 21.8 Å². The van der Waals surface area contributed by atoms with Crippen molar-refractivity contribution in [2.45, 2.75) is 25.6 Å². The first kappa shape index (κ1) is 22.3. The molecule has 1 atom stereocenters. The lowest BCUT2D eigenvalue weighted by Crippen LogP contribution is -2.40. The van der Waals surface area contributed by atoms with Gasteiger partial charge in [-0.1, -0.05) is 54.6 Å². The Morgan fingerprint density at radius 1 is 0.939 bits per heavy atom. The van der Waals surface area contributed by atoms with Crippen LogP contribution in [-0.2, 0) is 24.3 Å². The molecule has 3 aromatic carbocycles. The number of hydroxylamine groups is 1. The van der Waals surface area contributed by atoms with E-state index in [1.807, 2.05) is 35.8 Å². The van der Waals surface area contributed by atoms with Crippen molar-refractivity contribution in [1.82, 2.24) is 14.6 Å². The first-order valence-electron chi connectivity index (χ1n) is 10.4. The molecule has 0 spiro atoms. The summed E-state index contributed by atoms with van der Waals surface area (Å²) in [5.41, 5.74) is 3.53. The molecule has 1 unspecified atom stereocenters. The van der Waals surface area contributed by atoms with Gasteiger partial charge in [-0.05, 0) is 41.3 Å². The lowest BCUT2D eigenvalue weighted by atomic mass is 10.1. The summed E-state index contributed by atoms with van der Waals surface area (Å²) < 4.78 is 16.5. The molecule has 0 aliphatic heterocycles. The number of aryl methyl sites for hydroxylation is 1. The summed E-state index contributed by atoms with van der Waals surface area (Å²) in [7, 11) is 0. The van der Waals surface area contributed by atoms with Gasteiger partial charge in [0.25, 0.3) is 5.56 Å². The normalized spacial score (nSPS) is 12.1. The van der Waals surface area contributed by atoms with E-state index in [1.54, 1.807) is 24.3 Å². The number of aromatic nitrogens is 2. The summed E-state index contributed by atoms with van der Waals surface area (Å²) in [5.74, 6) is -0.555. The number of halogens is 1. The van der Waals surface area contributed by atoms with Crippen LogP contribution < -0.4 is 16.7 Å². The van der Waals surface area contributed by atoms with Crippen LogP contribution in [0.1, 0.15) is 22.7 Å². The van der Waals surface area contributed by atoms with Crippen LogP contribution in [0, 0.1) is 5.82 Å². The SMILES string of the molecule is O=CC(NO)c1ccc(Cn2c(=O)n(CCc3ccccc3)c(=O)c3cc(F)ccc32)cc1. The van der Waals surface area contributed by atoms with Crippen molar-refractivity contribution in [2.24, 2.45) is 0 Å². The number of aldehydes is 1. The Morgan fingerprint density at radius 3 is 2.33 bits per heavy atom. The van der Waals surface area contributed by atoms with E-state index >= 15 is 0 Å². The number of fused-ring (bicyclic) bond motifs is 1. The molecule has 4 aromatic rings. The van der Waals surface area contributed by atoms with Crippen LogP contribution in [0.2, 0.25) is 0 Å². The van der Waals surface area contributed by atoms with Crippen LogP contribution in [0.5, 0.6) is 0 Å². The lowest BCUT2D eigenvalue weighted by Gasteiger charge is -2.15. The number of hydrogen-bond donors (Lipinski definition) is 2. The third-order valence-electron chi connectivity index (χ3n) is 5.61. The molecular weight excluding hydrogens is 425 g/mol. The predicted octanol–water partition coefficient (Wildman–Crippen LogP) is 2.81. The van der Waals surface area contributed by atoms with Crippen LogP contribution >= 0.6 is 0 Å². The minimum atomic E-state index is -0.856. The molecule has 0 fully saturated rings. The average molecular weight is 447 g/mol. The Kier molecular flexibility index (Phi) is 6.58. The Balaban J connectivity index is 1.76. The fourth-order valence-corrected chi connectivity index (χ4v) is 3.83. The third kappa shape index (κ3) is 4.67. The zero-order chi connectivity index (χ0) is 23.4. The zero-order valence-electron chi connectivity index (χ0n) is 17.6. The number of carbonyl (C=O) groups is 1. The van der Waals surface area contributed by atoms with Gasteiger partial charge >= 0.3 is 5.69 Å². The van der Waals surface area contributed by atoms with Gasteiger partial charge < -0.3 is 10.0 Å². The van der Waals surface area contributed by atoms with Gasteiger partial charge in [-0.25, -0.2) is 9.18 Å². The van der Waals surface area contributed by atoms with Gasteiger partial charge in [-0.2, -0.15) is 5.48 Å². The molecule has 8 heteroatoms. The molecular formula is C25H22FN3O4. The van der Waals surface area contributed by atoms with Crippen molar-refractivity contribution in [1.29, 1.82) is 0 Å². The average Bonchev–Trinajstić information content (AvgIpc) is 2.84. The number of nitrogens with one attached hydrogen (secondary N) is 1. The van der Waals surface area contributed by atoms with Crippen LogP contribution in [0.3, 0.4) is 0 Å². The van der Waals surface area contributed by atoms with Crippen molar-refractivity contribution in [2.75, 3.05) is 0 Å². The van der Waals surface area contributed by atoms with Gasteiger partial charge in [0.05, 0.1) is 17.4 Å². The highest BCUT2D eigenvalue weighted by atomic mass is 19.1. The van der Waals surface area contributed by atoms with E-state index in [2.05, 4.69) is 0 Å². The van der Waals surface area contributed by atoms with E-state index in [0.29, 0.717) is 23.8 Å². The fraction of sp³-hybridized carbons (Fsp3) is 0.160. The molecule has 0 aliphatic carbocycles. The minimum absolute atomic E-state index is 0.129. The van der Waals surface area contributed by atoms with Crippen LogP contribution in [0.4, 0.5) is 4.39 Å². The van der Waals surface area contributed by atoms with Crippen molar-refractivity contribution >= 4 is 17.2 Å². The second-order valence-corrected chi connectivity index (χ2v) is 7.71. The monoisotopic (exact) mass is 447 g/mol. The topological polar surface area (TPSA) is 93.3 Å². The van der Waals surface area contributed by atoms with Gasteiger partial charge in [0.1, 0.15) is 18.1 Å². The molecule has 4 rings (SSSR count). The summed E-state index contributed by atoms with van der Waals surface area (Å²) in [6.45, 7) is 0.307. The molecule has 0 saturated heterocycles. The van der Waals surface area contributed by atoms with Crippen molar-refractivity contribution in [3.05, 3.63) is 116 Å². The number of carbonyl (C=O) groups excluding carboxylic acids is 1. The first-order chi connectivity index (χ1) is 16.0. The van der Waals surface area contributed by atoms with Crippen LogP contribution in [-0.4, -0.2) is 20.6 Å². The maximum Gasteiger partial charge on any atom is 0.331 e. The predicted molar refractivity (Wildman–Crippen MR) is 122 cm³/mol. The third-order valence-corrected chi connectivity index (χ3v) is 5.61. The number of rotatable bonds is 8. The van der Waals surface area contributed by atoms with Gasteiger partial charge in [0.15, 0.2) is 0 Å². The van der Waals surface area contributed by atoms with Gasteiger partial charge in [-0.3, -0.25) is 13.9 Å². The van der Waals surface area contributed by atoms with E-state index < -0.39 is 23.1 Å². The molecule has 0 amide bonds. The van der Waals surface area contributed by atoms with E-state index in [-0.39, 0.29) is 18.5 Å². The van der Waals surface area contributed by atoms with Crippen molar-refractivity contribution < 1.29 is 14.4 Å². The second kappa shape index (κ2) is 9.72. The van der Waals surface area contributed by atoms with Gasteiger partial charge in [0.2, 0.25) is 0 Å². The van der Waals surface area contributed by atoms with Crippen LogP contribution in [0.25, 0.3) is 10.9 Å². The minimum Gasteiger partial charge on any atom is -0.316 e. The largest absolute Gasteiger partial charge is 0.331 e. The van der Waals surface area contributed by atoms with Gasteiger partial charge in [0, 0.05) is 6.54 Å². The molecule has 1 aromatic heterocycles. The molecule has 33 heavy (non-hydrogen) atoms. The summed E-state index contributed by atoms with van der Waals surface area (Å²) in [4.78, 5) is 37.4. The zero-order valence-corrected chi connectivity index (χ0v) is 17.6. The number of nitrogens with zero attached hydrogens (tertiary/aromatic N) is 2.